The number of anilines is 1. The number of nitrogens with zero attached hydrogens (tertiary/aromatic N) is 3. The summed E-state index contributed by atoms with van der Waals surface area (Å²) in [5.74, 6) is -0.893. The summed E-state index contributed by atoms with van der Waals surface area (Å²) in [6.45, 7) is 0. The minimum absolute atomic E-state index is 0.0362. The van der Waals surface area contributed by atoms with Crippen LogP contribution in [0, 0.1) is 10.1 Å². The highest BCUT2D eigenvalue weighted by atomic mass is 16.6. The number of hydrogen-bond donors (Lipinski definition) is 4. The summed E-state index contributed by atoms with van der Waals surface area (Å²) in [4.78, 5) is 40.4. The van der Waals surface area contributed by atoms with Crippen LogP contribution in [0.15, 0.2) is 81.8 Å². The number of nitro groups is 1. The van der Waals surface area contributed by atoms with Gasteiger partial charge in [-0.2, -0.15) is 0 Å². The van der Waals surface area contributed by atoms with Crippen molar-refractivity contribution < 1.29 is 19.6 Å². The SMILES string of the molecule is COc1cc([N+](=O)[O-])ccc1/N=N/c1c(O)c(C(=O)Nc2ccc3[nH]c(=O)[nH]c3c2)cc2ccccc12. The predicted octanol–water partition coefficient (Wildman–Crippen LogP) is 5.30. The number of non-ortho nitro benzene ring substituents is 1. The molecule has 0 radical (unpaired) electrons. The van der Waals surface area contributed by atoms with Gasteiger partial charge in [-0.15, -0.1) is 10.2 Å². The number of carbonyl (C=O) groups excluding carboxylic acids is 1. The lowest BCUT2D eigenvalue weighted by Gasteiger charge is -2.11. The van der Waals surface area contributed by atoms with Gasteiger partial charge in [-0.1, -0.05) is 24.3 Å². The number of phenols is 1. The van der Waals surface area contributed by atoms with Crippen molar-refractivity contribution >= 4 is 50.5 Å². The van der Waals surface area contributed by atoms with Gasteiger partial charge in [-0.05, 0) is 35.7 Å². The van der Waals surface area contributed by atoms with E-state index >= 15 is 0 Å². The number of nitro benzene ring substituents is 1. The summed E-state index contributed by atoms with van der Waals surface area (Å²) in [7, 11) is 1.34. The molecule has 0 saturated heterocycles. The van der Waals surface area contributed by atoms with Gasteiger partial charge in [0.25, 0.3) is 11.6 Å². The quantitative estimate of drug-likeness (QED) is 0.140. The average Bonchev–Trinajstić information content (AvgIpc) is 3.26. The molecule has 5 aromatic rings. The molecule has 0 aliphatic heterocycles. The molecule has 0 spiro atoms. The number of carbonyl (C=O) groups is 1. The van der Waals surface area contributed by atoms with Crippen LogP contribution in [-0.4, -0.2) is 33.0 Å². The lowest BCUT2D eigenvalue weighted by molar-refractivity contribution is -0.384. The fourth-order valence-electron chi connectivity index (χ4n) is 3.87. The fraction of sp³-hybridized carbons (Fsp3) is 0.0400. The Balaban J connectivity index is 1.54. The predicted molar refractivity (Wildman–Crippen MR) is 136 cm³/mol. The van der Waals surface area contributed by atoms with Crippen LogP contribution in [0.4, 0.5) is 22.7 Å². The van der Waals surface area contributed by atoms with Crippen LogP contribution in [0.3, 0.4) is 0 Å². The average molecular weight is 498 g/mol. The number of rotatable bonds is 6. The number of hydrogen-bond acceptors (Lipinski definition) is 8. The van der Waals surface area contributed by atoms with Crippen molar-refractivity contribution in [2.45, 2.75) is 0 Å². The first-order valence-electron chi connectivity index (χ1n) is 10.9. The van der Waals surface area contributed by atoms with Gasteiger partial charge < -0.3 is 25.1 Å². The Hall–Kier alpha value is -5.52. The van der Waals surface area contributed by atoms with Gasteiger partial charge in [0.15, 0.2) is 11.5 Å². The van der Waals surface area contributed by atoms with Gasteiger partial charge >= 0.3 is 5.69 Å². The zero-order chi connectivity index (χ0) is 26.1. The van der Waals surface area contributed by atoms with Crippen LogP contribution in [0.25, 0.3) is 21.8 Å². The number of azo groups is 1. The Bertz CT molecular complexity index is 1790. The van der Waals surface area contributed by atoms with E-state index in [2.05, 4.69) is 25.5 Å². The largest absolute Gasteiger partial charge is 0.505 e. The molecule has 0 aliphatic carbocycles. The number of H-pyrrole nitrogens is 2. The molecule has 0 unspecified atom stereocenters. The van der Waals surface area contributed by atoms with E-state index in [4.69, 9.17) is 4.74 Å². The standard InChI is InChI=1S/C25H18N6O6/c1-37-21-12-15(31(35)36)7-9-19(21)29-30-22-16-5-3-2-4-13(16)10-17(23(22)32)24(33)26-14-6-8-18-20(11-14)28-25(34)27-18/h2-12,32H,1H3,(H,26,33)(H2,27,28,34)/b30-29+. The monoisotopic (exact) mass is 498 g/mol. The maximum absolute atomic E-state index is 13.1. The normalized spacial score (nSPS) is 11.3. The maximum Gasteiger partial charge on any atom is 0.323 e. The van der Waals surface area contributed by atoms with Crippen LogP contribution in [0.1, 0.15) is 10.4 Å². The van der Waals surface area contributed by atoms with E-state index in [9.17, 15) is 24.8 Å². The highest BCUT2D eigenvalue weighted by Gasteiger charge is 2.19. The molecule has 1 aromatic heterocycles. The number of phenolic OH excluding ortho intramolecular Hbond substituents is 1. The zero-order valence-electron chi connectivity index (χ0n) is 19.2. The molecule has 1 amide bonds. The van der Waals surface area contributed by atoms with Crippen molar-refractivity contribution in [2.24, 2.45) is 10.2 Å². The first-order chi connectivity index (χ1) is 17.8. The van der Waals surface area contributed by atoms with Crippen molar-refractivity contribution in [2.75, 3.05) is 12.4 Å². The van der Waals surface area contributed by atoms with Crippen molar-refractivity contribution in [1.82, 2.24) is 9.97 Å². The molecule has 4 N–H and O–H groups in total. The van der Waals surface area contributed by atoms with Crippen LogP contribution >= 0.6 is 0 Å². The van der Waals surface area contributed by atoms with Crippen molar-refractivity contribution in [3.05, 3.63) is 92.9 Å². The summed E-state index contributed by atoms with van der Waals surface area (Å²) >= 11 is 0. The lowest BCUT2D eigenvalue weighted by atomic mass is 10.0. The Kier molecular flexibility index (Phi) is 5.82. The number of aromatic amines is 2. The highest BCUT2D eigenvalue weighted by Crippen LogP contribution is 2.41. The van der Waals surface area contributed by atoms with Crippen molar-refractivity contribution in [1.29, 1.82) is 0 Å². The number of nitrogens with one attached hydrogen (secondary N) is 3. The highest BCUT2D eigenvalue weighted by molar-refractivity contribution is 6.12. The third-order valence-corrected chi connectivity index (χ3v) is 5.65. The smallest absolute Gasteiger partial charge is 0.323 e. The summed E-state index contributed by atoms with van der Waals surface area (Å²) in [5, 5.41) is 34.3. The van der Waals surface area contributed by atoms with Gasteiger partial charge in [0.05, 0.1) is 34.7 Å². The second-order valence-corrected chi connectivity index (χ2v) is 7.95. The van der Waals surface area contributed by atoms with Crippen molar-refractivity contribution in [3.8, 4) is 11.5 Å². The Morgan fingerprint density at radius 3 is 2.59 bits per heavy atom. The Labute approximate surface area is 207 Å². The second kappa shape index (κ2) is 9.26. The molecular weight excluding hydrogens is 480 g/mol. The van der Waals surface area contributed by atoms with Crippen molar-refractivity contribution in [3.63, 3.8) is 0 Å². The number of benzene rings is 4. The number of methoxy groups -OCH3 is 1. The first kappa shape index (κ1) is 23.2. The number of aromatic nitrogens is 2. The van der Waals surface area contributed by atoms with Gasteiger partial charge in [-0.3, -0.25) is 14.9 Å². The molecular formula is C25H18N6O6. The van der Waals surface area contributed by atoms with Gasteiger partial charge in [0.1, 0.15) is 11.4 Å². The molecule has 0 aliphatic rings. The zero-order valence-corrected chi connectivity index (χ0v) is 19.2. The van der Waals surface area contributed by atoms with E-state index < -0.39 is 16.6 Å². The van der Waals surface area contributed by atoms with E-state index in [1.807, 2.05) is 0 Å². The summed E-state index contributed by atoms with van der Waals surface area (Å²) in [6, 6.07) is 17.2. The number of amides is 1. The molecule has 1 heterocycles. The Morgan fingerprint density at radius 2 is 1.81 bits per heavy atom. The molecule has 0 saturated carbocycles. The topological polar surface area (TPSA) is 175 Å². The third-order valence-electron chi connectivity index (χ3n) is 5.65. The molecule has 0 bridgehead atoms. The van der Waals surface area contributed by atoms with Crippen LogP contribution in [-0.2, 0) is 0 Å². The van der Waals surface area contributed by atoms with E-state index in [0.29, 0.717) is 27.5 Å². The number of imidazole rings is 1. The molecule has 12 nitrogen and oxygen atoms in total. The number of aromatic hydroxyl groups is 1. The third kappa shape index (κ3) is 4.46. The molecule has 184 valence electrons. The number of fused-ring (bicyclic) bond motifs is 2. The van der Waals surface area contributed by atoms with Crippen LogP contribution in [0.2, 0.25) is 0 Å². The second-order valence-electron chi connectivity index (χ2n) is 7.95. The molecule has 37 heavy (non-hydrogen) atoms. The first-order valence-corrected chi connectivity index (χ1v) is 10.9. The molecule has 0 fully saturated rings. The summed E-state index contributed by atoms with van der Waals surface area (Å²) in [5.41, 5.74) is 1.13. The van der Waals surface area contributed by atoms with Gasteiger partial charge in [-0.25, -0.2) is 4.79 Å². The van der Waals surface area contributed by atoms with Crippen LogP contribution in [0.5, 0.6) is 11.5 Å². The van der Waals surface area contributed by atoms with E-state index in [1.54, 1.807) is 42.5 Å². The molecule has 12 heteroatoms. The van der Waals surface area contributed by atoms with E-state index in [-0.39, 0.29) is 34.1 Å². The van der Waals surface area contributed by atoms with E-state index in [1.165, 1.54) is 31.4 Å². The lowest BCUT2D eigenvalue weighted by Crippen LogP contribution is -2.12. The Morgan fingerprint density at radius 1 is 1.03 bits per heavy atom. The fourth-order valence-corrected chi connectivity index (χ4v) is 3.87. The molecule has 5 rings (SSSR count). The molecule has 4 aromatic carbocycles. The number of ether oxygens (including phenoxy) is 1. The minimum Gasteiger partial charge on any atom is -0.505 e. The summed E-state index contributed by atoms with van der Waals surface area (Å²) < 4.78 is 5.19. The van der Waals surface area contributed by atoms with Gasteiger partial charge in [0.2, 0.25) is 0 Å². The minimum atomic E-state index is -0.607. The van der Waals surface area contributed by atoms with Gasteiger partial charge in [0, 0.05) is 17.1 Å². The maximum atomic E-state index is 13.1. The van der Waals surface area contributed by atoms with Crippen LogP contribution < -0.4 is 15.7 Å². The van der Waals surface area contributed by atoms with E-state index in [0.717, 1.165) is 0 Å². The molecule has 0 atom stereocenters. The summed E-state index contributed by atoms with van der Waals surface area (Å²) in [6.07, 6.45) is 0.